The average Bonchev–Trinajstić information content (AvgIpc) is 2.66. The Kier molecular flexibility index (Phi) is 6.16. The van der Waals surface area contributed by atoms with Gasteiger partial charge < -0.3 is 5.32 Å². The van der Waals surface area contributed by atoms with E-state index in [0.717, 1.165) is 25.3 Å². The van der Waals surface area contributed by atoms with Gasteiger partial charge in [-0.2, -0.15) is 5.10 Å². The van der Waals surface area contributed by atoms with Crippen LogP contribution in [0.3, 0.4) is 0 Å². The number of unbranched alkanes of at least 4 members (excludes halogenated alkanes) is 2. The van der Waals surface area contributed by atoms with Gasteiger partial charge in [-0.1, -0.05) is 33.6 Å². The maximum atomic E-state index is 4.53. The van der Waals surface area contributed by atoms with Crippen molar-refractivity contribution in [2.45, 2.75) is 53.1 Å². The molecule has 1 rings (SSSR count). The molecule has 0 aromatic carbocycles. The lowest BCUT2D eigenvalue weighted by atomic mass is 10.2. The van der Waals surface area contributed by atoms with Crippen LogP contribution < -0.4 is 5.32 Å². The van der Waals surface area contributed by atoms with Gasteiger partial charge >= 0.3 is 0 Å². The summed E-state index contributed by atoms with van der Waals surface area (Å²) in [7, 11) is 0. The largest absolute Gasteiger partial charge is 0.311 e. The summed E-state index contributed by atoms with van der Waals surface area (Å²) in [6.45, 7) is 9.66. The Morgan fingerprint density at radius 2 is 2.19 bits per heavy atom. The van der Waals surface area contributed by atoms with Crippen molar-refractivity contribution in [1.82, 2.24) is 15.1 Å². The highest BCUT2D eigenvalue weighted by molar-refractivity contribution is 4.98. The van der Waals surface area contributed by atoms with E-state index in [0.29, 0.717) is 5.92 Å². The topological polar surface area (TPSA) is 29.9 Å². The molecule has 1 heterocycles. The number of hydrogen-bond donors (Lipinski definition) is 1. The first-order chi connectivity index (χ1) is 7.72. The fraction of sp³-hybridized carbons (Fsp3) is 0.769. The number of nitrogens with one attached hydrogen (secondary N) is 1. The fourth-order valence-electron chi connectivity index (χ4n) is 1.64. The predicted octanol–water partition coefficient (Wildman–Crippen LogP) is 2.82. The summed E-state index contributed by atoms with van der Waals surface area (Å²) >= 11 is 0. The molecular weight excluding hydrogens is 198 g/mol. The lowest BCUT2D eigenvalue weighted by Crippen LogP contribution is -2.19. The van der Waals surface area contributed by atoms with Crippen molar-refractivity contribution in [3.8, 4) is 0 Å². The number of aromatic nitrogens is 2. The Hall–Kier alpha value is -0.830. The summed E-state index contributed by atoms with van der Waals surface area (Å²) in [6.07, 6.45) is 5.88. The molecule has 0 amide bonds. The summed E-state index contributed by atoms with van der Waals surface area (Å²) in [4.78, 5) is 0. The molecule has 3 heteroatoms. The molecule has 92 valence electrons. The van der Waals surface area contributed by atoms with Gasteiger partial charge in [0, 0.05) is 19.3 Å². The van der Waals surface area contributed by atoms with Gasteiger partial charge in [0.25, 0.3) is 0 Å². The van der Waals surface area contributed by atoms with Gasteiger partial charge in [-0.25, -0.2) is 0 Å². The van der Waals surface area contributed by atoms with Crippen LogP contribution in [0.15, 0.2) is 12.3 Å². The Labute approximate surface area is 99.2 Å². The quantitative estimate of drug-likeness (QED) is 0.687. The van der Waals surface area contributed by atoms with E-state index in [2.05, 4.69) is 48.1 Å². The van der Waals surface area contributed by atoms with Crippen LogP contribution >= 0.6 is 0 Å². The van der Waals surface area contributed by atoms with E-state index in [1.807, 2.05) is 0 Å². The molecule has 0 radical (unpaired) electrons. The third-order valence-electron chi connectivity index (χ3n) is 2.55. The van der Waals surface area contributed by atoms with Crippen LogP contribution in [0.1, 0.15) is 45.7 Å². The maximum absolute atomic E-state index is 4.53. The van der Waals surface area contributed by atoms with E-state index >= 15 is 0 Å². The lowest BCUT2D eigenvalue weighted by molar-refractivity contribution is 0.526. The molecule has 0 saturated carbocycles. The molecule has 0 spiro atoms. The Morgan fingerprint density at radius 1 is 1.38 bits per heavy atom. The standard InChI is InChI=1S/C13H25N3/c1-4-5-6-8-16-9-7-13(15-16)11-14-10-12(2)3/h7,9,12,14H,4-6,8,10-11H2,1-3H3. The molecule has 1 aromatic heterocycles. The first-order valence-corrected chi connectivity index (χ1v) is 6.45. The number of hydrogen-bond acceptors (Lipinski definition) is 2. The number of rotatable bonds is 8. The van der Waals surface area contributed by atoms with E-state index in [4.69, 9.17) is 0 Å². The van der Waals surface area contributed by atoms with Crippen LogP contribution in [0, 0.1) is 5.92 Å². The second kappa shape index (κ2) is 7.44. The fourth-order valence-corrected chi connectivity index (χ4v) is 1.64. The number of aryl methyl sites for hydroxylation is 1. The molecular formula is C13H25N3. The van der Waals surface area contributed by atoms with Crippen molar-refractivity contribution in [1.29, 1.82) is 0 Å². The minimum atomic E-state index is 0.701. The zero-order valence-corrected chi connectivity index (χ0v) is 10.9. The van der Waals surface area contributed by atoms with E-state index in [-0.39, 0.29) is 0 Å². The van der Waals surface area contributed by atoms with Crippen molar-refractivity contribution in [2.75, 3.05) is 6.54 Å². The van der Waals surface area contributed by atoms with Gasteiger partial charge in [0.15, 0.2) is 0 Å². The average molecular weight is 223 g/mol. The minimum absolute atomic E-state index is 0.701. The summed E-state index contributed by atoms with van der Waals surface area (Å²) < 4.78 is 2.06. The minimum Gasteiger partial charge on any atom is -0.311 e. The van der Waals surface area contributed by atoms with Gasteiger partial charge in [0.05, 0.1) is 5.69 Å². The van der Waals surface area contributed by atoms with Crippen LogP contribution in [0.4, 0.5) is 0 Å². The molecule has 1 aromatic rings. The second-order valence-electron chi connectivity index (χ2n) is 4.80. The zero-order valence-electron chi connectivity index (χ0n) is 10.9. The van der Waals surface area contributed by atoms with E-state index in [1.165, 1.54) is 19.3 Å². The van der Waals surface area contributed by atoms with Crippen LogP contribution in [-0.2, 0) is 13.1 Å². The Morgan fingerprint density at radius 3 is 2.88 bits per heavy atom. The van der Waals surface area contributed by atoms with Gasteiger partial charge in [0.1, 0.15) is 0 Å². The molecule has 0 atom stereocenters. The van der Waals surface area contributed by atoms with Crippen molar-refractivity contribution < 1.29 is 0 Å². The monoisotopic (exact) mass is 223 g/mol. The molecule has 0 unspecified atom stereocenters. The Balaban J connectivity index is 2.22. The first kappa shape index (κ1) is 13.2. The predicted molar refractivity (Wildman–Crippen MR) is 68.3 cm³/mol. The van der Waals surface area contributed by atoms with Gasteiger partial charge in [-0.3, -0.25) is 4.68 Å². The highest BCUT2D eigenvalue weighted by Gasteiger charge is 1.99. The molecule has 0 aliphatic heterocycles. The first-order valence-electron chi connectivity index (χ1n) is 6.45. The van der Waals surface area contributed by atoms with E-state index in [9.17, 15) is 0 Å². The maximum Gasteiger partial charge on any atom is 0.0762 e. The SMILES string of the molecule is CCCCCn1ccc(CNCC(C)C)n1. The zero-order chi connectivity index (χ0) is 11.8. The molecule has 0 bridgehead atoms. The van der Waals surface area contributed by atoms with Gasteiger partial charge in [-0.15, -0.1) is 0 Å². The number of nitrogens with zero attached hydrogens (tertiary/aromatic N) is 2. The normalized spacial score (nSPS) is 11.2. The van der Waals surface area contributed by atoms with Crippen molar-refractivity contribution in [3.05, 3.63) is 18.0 Å². The summed E-state index contributed by atoms with van der Waals surface area (Å²) in [5.41, 5.74) is 1.15. The molecule has 0 aliphatic carbocycles. The molecule has 0 saturated heterocycles. The van der Waals surface area contributed by atoms with Crippen LogP contribution in [-0.4, -0.2) is 16.3 Å². The molecule has 0 fully saturated rings. The Bertz CT molecular complexity index is 278. The van der Waals surface area contributed by atoms with E-state index < -0.39 is 0 Å². The van der Waals surface area contributed by atoms with Gasteiger partial charge in [-0.05, 0) is 24.9 Å². The smallest absolute Gasteiger partial charge is 0.0762 e. The lowest BCUT2D eigenvalue weighted by Gasteiger charge is -2.05. The van der Waals surface area contributed by atoms with Crippen molar-refractivity contribution >= 4 is 0 Å². The van der Waals surface area contributed by atoms with Crippen LogP contribution in [0.5, 0.6) is 0 Å². The van der Waals surface area contributed by atoms with Crippen molar-refractivity contribution in [3.63, 3.8) is 0 Å². The highest BCUT2D eigenvalue weighted by atomic mass is 15.3. The van der Waals surface area contributed by atoms with E-state index in [1.54, 1.807) is 0 Å². The third-order valence-corrected chi connectivity index (χ3v) is 2.55. The highest BCUT2D eigenvalue weighted by Crippen LogP contribution is 2.00. The summed E-state index contributed by atoms with van der Waals surface area (Å²) in [5.74, 6) is 0.701. The van der Waals surface area contributed by atoms with Crippen LogP contribution in [0.2, 0.25) is 0 Å². The molecule has 3 nitrogen and oxygen atoms in total. The summed E-state index contributed by atoms with van der Waals surface area (Å²) in [6, 6.07) is 2.11. The molecule has 1 N–H and O–H groups in total. The van der Waals surface area contributed by atoms with Gasteiger partial charge in [0.2, 0.25) is 0 Å². The van der Waals surface area contributed by atoms with Crippen molar-refractivity contribution in [2.24, 2.45) is 5.92 Å². The van der Waals surface area contributed by atoms with Crippen LogP contribution in [0.25, 0.3) is 0 Å². The molecule has 0 aliphatic rings. The summed E-state index contributed by atoms with van der Waals surface area (Å²) in [5, 5.41) is 7.94. The molecule has 16 heavy (non-hydrogen) atoms. The second-order valence-corrected chi connectivity index (χ2v) is 4.80. The third kappa shape index (κ3) is 5.31.